The lowest BCUT2D eigenvalue weighted by atomic mass is 9.96. The van der Waals surface area contributed by atoms with Crippen LogP contribution in [0.2, 0.25) is 0 Å². The second-order valence-electron chi connectivity index (χ2n) is 6.22. The molecule has 2 aromatic heterocycles. The van der Waals surface area contributed by atoms with E-state index >= 15 is 0 Å². The van der Waals surface area contributed by atoms with Crippen LogP contribution in [0, 0.1) is 12.8 Å². The van der Waals surface area contributed by atoms with Crippen LogP contribution in [0.4, 0.5) is 0 Å². The molecule has 3 heterocycles. The average molecular weight is 361 g/mol. The number of amides is 1. The minimum atomic E-state index is -0.145. The van der Waals surface area contributed by atoms with E-state index in [-0.39, 0.29) is 23.6 Å². The van der Waals surface area contributed by atoms with Crippen LogP contribution in [-0.2, 0) is 4.74 Å². The van der Waals surface area contributed by atoms with Gasteiger partial charge in [0.05, 0.1) is 20.8 Å². The molecule has 26 heavy (non-hydrogen) atoms. The molecule has 9 heteroatoms. The quantitative estimate of drug-likeness (QED) is 0.819. The van der Waals surface area contributed by atoms with Crippen molar-refractivity contribution in [3.63, 3.8) is 0 Å². The maximum atomic E-state index is 13.0. The van der Waals surface area contributed by atoms with E-state index in [1.807, 2.05) is 6.92 Å². The van der Waals surface area contributed by atoms with Gasteiger partial charge in [0, 0.05) is 38.1 Å². The lowest BCUT2D eigenvalue weighted by Gasteiger charge is -2.17. The van der Waals surface area contributed by atoms with Gasteiger partial charge < -0.3 is 19.1 Å². The molecule has 0 aromatic carbocycles. The minimum absolute atomic E-state index is 0.0149. The summed E-state index contributed by atoms with van der Waals surface area (Å²) in [4.78, 5) is 23.4. The Bertz CT molecular complexity index is 778. The first-order valence-electron chi connectivity index (χ1n) is 8.33. The van der Waals surface area contributed by atoms with E-state index in [0.29, 0.717) is 37.0 Å². The van der Waals surface area contributed by atoms with Crippen molar-refractivity contribution >= 4 is 5.91 Å². The van der Waals surface area contributed by atoms with E-state index in [4.69, 9.17) is 14.2 Å². The summed E-state index contributed by atoms with van der Waals surface area (Å²) in [5.41, 5.74) is 0.399. The first-order valence-corrected chi connectivity index (χ1v) is 8.33. The van der Waals surface area contributed by atoms with Gasteiger partial charge in [0.1, 0.15) is 11.4 Å². The molecule has 0 bridgehead atoms. The molecule has 2 atom stereocenters. The normalized spacial score (nSPS) is 19.6. The predicted molar refractivity (Wildman–Crippen MR) is 92.5 cm³/mol. The van der Waals surface area contributed by atoms with Gasteiger partial charge in [-0.2, -0.15) is 10.1 Å². The first kappa shape index (κ1) is 18.1. The molecule has 1 saturated heterocycles. The zero-order chi connectivity index (χ0) is 18.7. The number of aromatic nitrogens is 4. The molecule has 1 aliphatic rings. The van der Waals surface area contributed by atoms with Gasteiger partial charge in [-0.25, -0.2) is 4.98 Å². The molecule has 1 amide bonds. The fourth-order valence-corrected chi connectivity index (χ4v) is 3.26. The lowest BCUT2D eigenvalue weighted by Crippen LogP contribution is -2.30. The average Bonchev–Trinajstić information content (AvgIpc) is 3.27. The smallest absolute Gasteiger partial charge is 0.259 e. The summed E-state index contributed by atoms with van der Waals surface area (Å²) in [7, 11) is 4.65. The highest BCUT2D eigenvalue weighted by atomic mass is 16.5. The number of carbonyl (C=O) groups excluding carboxylic acids is 1. The van der Waals surface area contributed by atoms with Crippen LogP contribution < -0.4 is 9.47 Å². The van der Waals surface area contributed by atoms with Gasteiger partial charge in [-0.1, -0.05) is 0 Å². The lowest BCUT2D eigenvalue weighted by molar-refractivity contribution is 0.0771. The number of nitrogens with one attached hydrogen (secondary N) is 1. The largest absolute Gasteiger partial charge is 0.481 e. The van der Waals surface area contributed by atoms with Crippen LogP contribution in [0.3, 0.4) is 0 Å². The molecular formula is C17H23N5O4. The van der Waals surface area contributed by atoms with Crippen molar-refractivity contribution < 1.29 is 19.0 Å². The van der Waals surface area contributed by atoms with Gasteiger partial charge in [-0.15, -0.1) is 0 Å². The summed E-state index contributed by atoms with van der Waals surface area (Å²) < 4.78 is 15.7. The Labute approximate surface area is 151 Å². The Kier molecular flexibility index (Phi) is 5.36. The molecule has 3 rings (SSSR count). The fourth-order valence-electron chi connectivity index (χ4n) is 3.26. The third kappa shape index (κ3) is 3.48. The van der Waals surface area contributed by atoms with Crippen LogP contribution in [-0.4, -0.2) is 72.0 Å². The van der Waals surface area contributed by atoms with Crippen molar-refractivity contribution in [1.29, 1.82) is 0 Å². The second-order valence-corrected chi connectivity index (χ2v) is 6.22. The fraction of sp³-hybridized carbons (Fsp3) is 0.529. The van der Waals surface area contributed by atoms with Crippen LogP contribution in [0.25, 0.3) is 0 Å². The predicted octanol–water partition coefficient (Wildman–Crippen LogP) is 1.03. The number of aromatic amines is 1. The molecule has 0 saturated carbocycles. The van der Waals surface area contributed by atoms with Crippen molar-refractivity contribution in [1.82, 2.24) is 25.1 Å². The van der Waals surface area contributed by atoms with Crippen molar-refractivity contribution in [2.75, 3.05) is 41.0 Å². The number of nitrogens with zero attached hydrogens (tertiary/aromatic N) is 4. The molecule has 9 nitrogen and oxygen atoms in total. The molecule has 1 N–H and O–H groups in total. The summed E-state index contributed by atoms with van der Waals surface area (Å²) in [6.07, 6.45) is 0. The molecule has 0 spiro atoms. The summed E-state index contributed by atoms with van der Waals surface area (Å²) >= 11 is 0. The molecular weight excluding hydrogens is 338 g/mol. The zero-order valence-electron chi connectivity index (χ0n) is 15.4. The van der Waals surface area contributed by atoms with Crippen LogP contribution in [0.15, 0.2) is 12.1 Å². The van der Waals surface area contributed by atoms with Crippen LogP contribution in [0.1, 0.15) is 27.9 Å². The number of pyridine rings is 1. The summed E-state index contributed by atoms with van der Waals surface area (Å²) in [6.45, 7) is 3.45. The molecule has 2 aromatic rings. The van der Waals surface area contributed by atoms with Gasteiger partial charge in [0.15, 0.2) is 5.82 Å². The van der Waals surface area contributed by atoms with E-state index in [9.17, 15) is 4.79 Å². The highest BCUT2D eigenvalue weighted by Crippen LogP contribution is 2.33. The molecule has 1 fully saturated rings. The van der Waals surface area contributed by atoms with Gasteiger partial charge in [-0.05, 0) is 13.0 Å². The van der Waals surface area contributed by atoms with Crippen LogP contribution >= 0.6 is 0 Å². The zero-order valence-corrected chi connectivity index (χ0v) is 15.4. The number of hydrogen-bond acceptors (Lipinski definition) is 7. The van der Waals surface area contributed by atoms with Crippen molar-refractivity contribution in [2.24, 2.45) is 5.92 Å². The topological polar surface area (TPSA) is 102 Å². The van der Waals surface area contributed by atoms with E-state index in [1.165, 1.54) is 14.2 Å². The number of hydrogen-bond donors (Lipinski definition) is 1. The SMILES string of the molecule is COC[C@@H]1CN(C(=O)c2ccc(OC)nc2OC)C[C@H]1c1n[nH]c(C)n1. The highest BCUT2D eigenvalue weighted by molar-refractivity contribution is 5.96. The first-order chi connectivity index (χ1) is 12.6. The Hall–Kier alpha value is -2.68. The Balaban J connectivity index is 1.84. The monoisotopic (exact) mass is 361 g/mol. The van der Waals surface area contributed by atoms with E-state index in [2.05, 4.69) is 20.2 Å². The van der Waals surface area contributed by atoms with Gasteiger partial charge in [-0.3, -0.25) is 9.89 Å². The van der Waals surface area contributed by atoms with Crippen molar-refractivity contribution in [3.05, 3.63) is 29.3 Å². The van der Waals surface area contributed by atoms with E-state index < -0.39 is 0 Å². The number of methoxy groups -OCH3 is 3. The number of ether oxygens (including phenoxy) is 3. The van der Waals surface area contributed by atoms with Gasteiger partial charge in [0.25, 0.3) is 5.91 Å². The second kappa shape index (κ2) is 7.69. The number of likely N-dealkylation sites (tertiary alicyclic amines) is 1. The highest BCUT2D eigenvalue weighted by Gasteiger charge is 2.39. The van der Waals surface area contributed by atoms with E-state index in [0.717, 1.165) is 5.82 Å². The molecule has 0 aliphatic carbocycles. The molecule has 0 unspecified atom stereocenters. The minimum Gasteiger partial charge on any atom is -0.481 e. The summed E-state index contributed by atoms with van der Waals surface area (Å²) in [6, 6.07) is 3.32. The molecule has 1 aliphatic heterocycles. The number of carbonyl (C=O) groups is 1. The standard InChI is InChI=1S/C17H23N5O4/c1-10-18-15(21-20-10)13-8-22(7-11(13)9-24-2)17(23)12-5-6-14(25-3)19-16(12)26-4/h5-6,11,13H,7-9H2,1-4H3,(H,18,20,21)/t11-,13+/m0/s1. The van der Waals surface area contributed by atoms with Gasteiger partial charge in [0.2, 0.25) is 11.8 Å². The summed E-state index contributed by atoms with van der Waals surface area (Å²) in [5, 5.41) is 7.14. The number of aryl methyl sites for hydroxylation is 1. The third-order valence-electron chi connectivity index (χ3n) is 4.52. The maximum Gasteiger partial charge on any atom is 0.259 e. The Morgan fingerprint density at radius 2 is 2.04 bits per heavy atom. The van der Waals surface area contributed by atoms with Crippen molar-refractivity contribution in [2.45, 2.75) is 12.8 Å². The van der Waals surface area contributed by atoms with Crippen LogP contribution in [0.5, 0.6) is 11.8 Å². The van der Waals surface area contributed by atoms with E-state index in [1.54, 1.807) is 24.1 Å². The Morgan fingerprint density at radius 3 is 2.65 bits per heavy atom. The Morgan fingerprint density at radius 1 is 1.23 bits per heavy atom. The number of rotatable bonds is 6. The number of H-pyrrole nitrogens is 1. The third-order valence-corrected chi connectivity index (χ3v) is 4.52. The van der Waals surface area contributed by atoms with Gasteiger partial charge >= 0.3 is 0 Å². The molecule has 0 radical (unpaired) electrons. The van der Waals surface area contributed by atoms with Crippen molar-refractivity contribution in [3.8, 4) is 11.8 Å². The molecule has 140 valence electrons. The summed E-state index contributed by atoms with van der Waals surface area (Å²) in [5.74, 6) is 2.09. The maximum absolute atomic E-state index is 13.0.